The number of allylic oxidation sites excluding steroid dienone is 2. The summed E-state index contributed by atoms with van der Waals surface area (Å²) in [6.45, 7) is 5.71. The Hall–Kier alpha value is -3.93. The fraction of sp³-hybridized carbons (Fsp3) is 0.564. The molecule has 3 saturated heterocycles. The van der Waals surface area contributed by atoms with Crippen LogP contribution in [0.25, 0.3) is 22.3 Å². The van der Waals surface area contributed by atoms with Gasteiger partial charge in [0.25, 0.3) is 0 Å². The van der Waals surface area contributed by atoms with Gasteiger partial charge in [-0.2, -0.15) is 0 Å². The minimum atomic E-state index is -1.83. The lowest BCUT2D eigenvalue weighted by Gasteiger charge is -2.45. The molecule has 320 valence electrons. The molecular weight excluding hydrogens is 772 g/mol. The molecule has 3 aromatic rings. The summed E-state index contributed by atoms with van der Waals surface area (Å²) < 4.78 is 46.9. The summed E-state index contributed by atoms with van der Waals surface area (Å²) in [6, 6.07) is 7.27. The Morgan fingerprint density at radius 1 is 0.759 bits per heavy atom. The van der Waals surface area contributed by atoms with Crippen molar-refractivity contribution in [3.63, 3.8) is 0 Å². The Labute approximate surface area is 331 Å². The first-order valence-corrected chi connectivity index (χ1v) is 18.6. The van der Waals surface area contributed by atoms with E-state index in [4.69, 9.17) is 37.6 Å². The van der Waals surface area contributed by atoms with Crippen molar-refractivity contribution in [2.45, 2.75) is 126 Å². The van der Waals surface area contributed by atoms with Gasteiger partial charge in [-0.3, -0.25) is 4.79 Å². The molecule has 2 aromatic carbocycles. The van der Waals surface area contributed by atoms with Crippen LogP contribution < -0.4 is 19.6 Å². The quantitative estimate of drug-likeness (QED) is 0.103. The van der Waals surface area contributed by atoms with E-state index in [0.29, 0.717) is 5.75 Å². The summed E-state index contributed by atoms with van der Waals surface area (Å²) >= 11 is 0. The largest absolute Gasteiger partial charge is 0.507 e. The van der Waals surface area contributed by atoms with Gasteiger partial charge >= 0.3 is 0 Å². The number of rotatable bonds is 11. The number of methoxy groups -OCH3 is 1. The van der Waals surface area contributed by atoms with Crippen LogP contribution >= 0.6 is 0 Å². The SMILES string of the molecule is COc1ccc(-c2oc3c(CC=C(C)C)c(O[C@@H]4O[C@H](CO)[C@@H](O)[C@H](O)[C@H]4O)cc(O)c3c(=O)c2O[C@H]2O[C@@H](C)[C@H](O)[C@@H](O)[C@H]2O[C@H]2O[C@@H](C)[C@H](O)[C@@H](O)[C@H]2O)cc1. The maximum Gasteiger partial charge on any atom is 0.239 e. The molecule has 19 heteroatoms. The first-order valence-electron chi connectivity index (χ1n) is 18.6. The summed E-state index contributed by atoms with van der Waals surface area (Å²) in [7, 11) is 1.45. The number of hydrogen-bond donors (Lipinski definition) is 10. The van der Waals surface area contributed by atoms with Gasteiger partial charge in [0.05, 0.1) is 25.9 Å². The zero-order valence-corrected chi connectivity index (χ0v) is 32.2. The van der Waals surface area contributed by atoms with Crippen LogP contribution in [0.3, 0.4) is 0 Å². The molecule has 10 N–H and O–H groups in total. The van der Waals surface area contributed by atoms with Crippen molar-refractivity contribution in [1.29, 1.82) is 0 Å². The van der Waals surface area contributed by atoms with Gasteiger partial charge in [-0.05, 0) is 58.4 Å². The van der Waals surface area contributed by atoms with Crippen LogP contribution in [0.1, 0.15) is 33.3 Å². The topological polar surface area (TPSA) is 297 Å². The number of hydrogen-bond acceptors (Lipinski definition) is 19. The summed E-state index contributed by atoms with van der Waals surface area (Å²) in [5.41, 5.74) is 0.0592. The number of fused-ring (bicyclic) bond motifs is 1. The molecule has 0 aliphatic carbocycles. The highest BCUT2D eigenvalue weighted by atomic mass is 16.8. The van der Waals surface area contributed by atoms with Gasteiger partial charge < -0.3 is 88.6 Å². The normalized spacial score (nSPS) is 35.4. The molecule has 19 nitrogen and oxygen atoms in total. The van der Waals surface area contributed by atoms with E-state index in [9.17, 15) is 55.9 Å². The van der Waals surface area contributed by atoms with Crippen molar-refractivity contribution in [3.8, 4) is 34.3 Å². The van der Waals surface area contributed by atoms with Gasteiger partial charge in [-0.15, -0.1) is 0 Å². The molecule has 15 atom stereocenters. The molecule has 3 fully saturated rings. The van der Waals surface area contributed by atoms with Crippen molar-refractivity contribution < 1.29 is 88.6 Å². The molecule has 6 rings (SSSR count). The fourth-order valence-corrected chi connectivity index (χ4v) is 6.93. The van der Waals surface area contributed by atoms with Gasteiger partial charge in [-0.25, -0.2) is 0 Å². The Bertz CT molecular complexity index is 1980. The zero-order chi connectivity index (χ0) is 42.3. The maximum atomic E-state index is 14.7. The molecular formula is C39H50O19. The van der Waals surface area contributed by atoms with Crippen molar-refractivity contribution in [2.24, 2.45) is 0 Å². The number of phenolic OH excluding ortho intramolecular Hbond substituents is 1. The van der Waals surface area contributed by atoms with Crippen LogP contribution in [0.4, 0.5) is 0 Å². The number of phenols is 1. The van der Waals surface area contributed by atoms with Crippen molar-refractivity contribution in [3.05, 3.63) is 57.8 Å². The second-order valence-corrected chi connectivity index (χ2v) is 14.8. The van der Waals surface area contributed by atoms with Crippen LogP contribution in [-0.4, -0.2) is 157 Å². The molecule has 3 aliphatic heterocycles. The predicted molar refractivity (Wildman–Crippen MR) is 198 cm³/mol. The Morgan fingerprint density at radius 3 is 1.98 bits per heavy atom. The van der Waals surface area contributed by atoms with Crippen molar-refractivity contribution in [2.75, 3.05) is 13.7 Å². The monoisotopic (exact) mass is 822 g/mol. The third-order valence-electron chi connectivity index (χ3n) is 10.4. The molecule has 58 heavy (non-hydrogen) atoms. The highest BCUT2D eigenvalue weighted by Gasteiger charge is 2.51. The minimum Gasteiger partial charge on any atom is -0.507 e. The van der Waals surface area contributed by atoms with Crippen molar-refractivity contribution in [1.82, 2.24) is 0 Å². The third-order valence-corrected chi connectivity index (χ3v) is 10.4. The average Bonchev–Trinajstić information content (AvgIpc) is 3.20. The van der Waals surface area contributed by atoms with Crippen LogP contribution in [-0.2, 0) is 25.4 Å². The molecule has 4 heterocycles. The van der Waals surface area contributed by atoms with E-state index in [1.165, 1.54) is 33.1 Å². The van der Waals surface area contributed by atoms with Gasteiger partial charge in [0.2, 0.25) is 23.8 Å². The highest BCUT2D eigenvalue weighted by molar-refractivity contribution is 5.91. The van der Waals surface area contributed by atoms with Crippen LogP contribution in [0, 0.1) is 0 Å². The molecule has 0 saturated carbocycles. The van der Waals surface area contributed by atoms with Crippen LogP contribution in [0.15, 0.2) is 51.2 Å². The Kier molecular flexibility index (Phi) is 13.3. The second kappa shape index (κ2) is 17.7. The minimum absolute atomic E-state index is 0.0169. The van der Waals surface area contributed by atoms with E-state index in [0.717, 1.165) is 11.6 Å². The summed E-state index contributed by atoms with van der Waals surface area (Å²) in [5, 5.41) is 106. The Balaban J connectivity index is 1.50. The highest BCUT2D eigenvalue weighted by Crippen LogP contribution is 2.42. The summed E-state index contributed by atoms with van der Waals surface area (Å²) in [5.74, 6) is -1.22. The third kappa shape index (κ3) is 8.41. The lowest BCUT2D eigenvalue weighted by atomic mass is 9.98. The number of aliphatic hydroxyl groups is 9. The first-order chi connectivity index (χ1) is 27.5. The standard InChI is InChI=1S/C39H50O19/c1-14(2)6-11-19-21(54-38-32(50)29(47)26(44)22(13-40)55-38)12-20(41)23-27(45)35(33(56-34(19)23)17-7-9-18(51-5)10-8-17)57-39-36(30(48)25(43)16(4)53-39)58-37-31(49)28(46)24(42)15(3)52-37/h6-10,12,15-16,22,24-26,28-32,36-44,46-50H,11,13H2,1-5H3/t15-,16-,22+,24-,25-,26+,28+,29-,30+,31+,32+,36+,37+,38+,39+/m0/s1. The zero-order valence-electron chi connectivity index (χ0n) is 32.2. The smallest absolute Gasteiger partial charge is 0.239 e. The molecule has 0 bridgehead atoms. The van der Waals surface area contributed by atoms with Gasteiger partial charge in [0.15, 0.2) is 18.2 Å². The van der Waals surface area contributed by atoms with Crippen LogP contribution in [0.5, 0.6) is 23.0 Å². The van der Waals surface area contributed by atoms with E-state index in [-0.39, 0.29) is 34.6 Å². The number of benzene rings is 2. The summed E-state index contributed by atoms with van der Waals surface area (Å²) in [4.78, 5) is 14.7. The van der Waals surface area contributed by atoms with E-state index < -0.39 is 121 Å². The number of aliphatic hydroxyl groups excluding tert-OH is 9. The lowest BCUT2D eigenvalue weighted by molar-refractivity contribution is -0.352. The van der Waals surface area contributed by atoms with Crippen molar-refractivity contribution >= 4 is 11.0 Å². The molecule has 0 unspecified atom stereocenters. The molecule has 0 spiro atoms. The van der Waals surface area contributed by atoms with E-state index in [2.05, 4.69) is 0 Å². The number of aromatic hydroxyl groups is 1. The maximum absolute atomic E-state index is 14.7. The van der Waals surface area contributed by atoms with E-state index >= 15 is 0 Å². The first kappa shape index (κ1) is 43.6. The number of ether oxygens (including phenoxy) is 7. The molecule has 3 aliphatic rings. The predicted octanol–water partition coefficient (Wildman–Crippen LogP) is -1.08. The lowest BCUT2D eigenvalue weighted by Crippen LogP contribution is -2.63. The molecule has 0 radical (unpaired) electrons. The van der Waals surface area contributed by atoms with Gasteiger partial charge in [0.1, 0.15) is 83.2 Å². The second-order valence-electron chi connectivity index (χ2n) is 14.8. The van der Waals surface area contributed by atoms with Crippen LogP contribution in [0.2, 0.25) is 0 Å². The molecule has 1 aromatic heterocycles. The average molecular weight is 823 g/mol. The van der Waals surface area contributed by atoms with Gasteiger partial charge in [0, 0.05) is 17.2 Å². The fourth-order valence-electron chi connectivity index (χ4n) is 6.93. The van der Waals surface area contributed by atoms with E-state index in [1.807, 2.05) is 13.8 Å². The Morgan fingerprint density at radius 2 is 1.36 bits per heavy atom. The molecule has 0 amide bonds. The van der Waals surface area contributed by atoms with E-state index in [1.54, 1.807) is 18.2 Å². The van der Waals surface area contributed by atoms with Gasteiger partial charge in [-0.1, -0.05) is 11.6 Å². The summed E-state index contributed by atoms with van der Waals surface area (Å²) in [6.07, 6.45) is -22.2.